The van der Waals surface area contributed by atoms with Crippen LogP contribution >= 0.6 is 7.14 Å². The summed E-state index contributed by atoms with van der Waals surface area (Å²) >= 11 is 0. The van der Waals surface area contributed by atoms with E-state index in [2.05, 4.69) is 10.6 Å². The van der Waals surface area contributed by atoms with Gasteiger partial charge in [-0.1, -0.05) is 60.7 Å². The minimum absolute atomic E-state index is 0.450. The van der Waals surface area contributed by atoms with E-state index in [0.29, 0.717) is 10.6 Å². The van der Waals surface area contributed by atoms with Crippen LogP contribution in [0.2, 0.25) is 0 Å². The molecule has 0 radical (unpaired) electrons. The SMILES string of the molecule is CC(=O)C(NC(=O)[C@H](C)NC(=O)OC(C)(C)C)P(=O)(c1ccccc1)c1ccccc1. The van der Waals surface area contributed by atoms with Crippen molar-refractivity contribution in [2.75, 3.05) is 0 Å². The molecule has 2 N–H and O–H groups in total. The molecule has 0 spiro atoms. The predicted molar refractivity (Wildman–Crippen MR) is 121 cm³/mol. The van der Waals surface area contributed by atoms with Gasteiger partial charge in [-0.2, -0.15) is 0 Å². The molecule has 0 bridgehead atoms. The Balaban J connectivity index is 2.35. The third kappa shape index (κ3) is 6.28. The number of carbonyl (C=O) groups excluding carboxylic acids is 3. The quantitative estimate of drug-likeness (QED) is 0.640. The Morgan fingerprint density at radius 2 is 1.32 bits per heavy atom. The Morgan fingerprint density at radius 1 is 0.871 bits per heavy atom. The molecule has 0 aliphatic carbocycles. The normalized spacial score (nSPS) is 13.6. The van der Waals surface area contributed by atoms with Crippen LogP contribution in [-0.2, 0) is 18.9 Å². The Hall–Kier alpha value is -2.92. The first kappa shape index (κ1) is 24.4. The van der Waals surface area contributed by atoms with Crippen LogP contribution in [0.5, 0.6) is 0 Å². The summed E-state index contributed by atoms with van der Waals surface area (Å²) in [6.45, 7) is 7.87. The molecule has 0 heterocycles. The van der Waals surface area contributed by atoms with Gasteiger partial charge in [-0.05, 0) is 34.6 Å². The van der Waals surface area contributed by atoms with Crippen molar-refractivity contribution in [3.63, 3.8) is 0 Å². The van der Waals surface area contributed by atoms with Crippen LogP contribution in [0, 0.1) is 0 Å². The van der Waals surface area contributed by atoms with E-state index in [0.717, 1.165) is 0 Å². The summed E-state index contributed by atoms with van der Waals surface area (Å²) < 4.78 is 19.5. The number of Topliss-reactive ketones (excluding diaryl/α,β-unsaturated/α-hetero) is 1. The van der Waals surface area contributed by atoms with Gasteiger partial charge in [0.1, 0.15) is 17.4 Å². The summed E-state index contributed by atoms with van der Waals surface area (Å²) in [5, 5.41) is 5.94. The third-order valence-electron chi connectivity index (χ3n) is 4.43. The zero-order chi connectivity index (χ0) is 23.2. The fourth-order valence-corrected chi connectivity index (χ4v) is 5.95. The molecule has 7 nitrogen and oxygen atoms in total. The van der Waals surface area contributed by atoms with Gasteiger partial charge < -0.3 is 19.9 Å². The Morgan fingerprint density at radius 3 is 1.71 bits per heavy atom. The topological polar surface area (TPSA) is 102 Å². The number of hydrogen-bond acceptors (Lipinski definition) is 5. The third-order valence-corrected chi connectivity index (χ3v) is 7.78. The maximum atomic E-state index is 14.4. The zero-order valence-corrected chi connectivity index (χ0v) is 19.3. The van der Waals surface area contributed by atoms with Crippen molar-refractivity contribution in [1.82, 2.24) is 10.6 Å². The fraction of sp³-hybridized carbons (Fsp3) is 0.348. The predicted octanol–water partition coefficient (Wildman–Crippen LogP) is 2.95. The second kappa shape index (κ2) is 9.92. The van der Waals surface area contributed by atoms with Gasteiger partial charge in [-0.3, -0.25) is 9.59 Å². The molecule has 0 saturated heterocycles. The molecular formula is C23H29N2O5P. The molecule has 1 unspecified atom stereocenters. The highest BCUT2D eigenvalue weighted by Crippen LogP contribution is 2.47. The van der Waals surface area contributed by atoms with Crippen molar-refractivity contribution < 1.29 is 23.7 Å². The lowest BCUT2D eigenvalue weighted by atomic mass is 10.2. The van der Waals surface area contributed by atoms with Crippen LogP contribution in [0.3, 0.4) is 0 Å². The summed E-state index contributed by atoms with van der Waals surface area (Å²) in [7, 11) is -3.58. The monoisotopic (exact) mass is 444 g/mol. The molecule has 2 aromatic carbocycles. The van der Waals surface area contributed by atoms with E-state index >= 15 is 0 Å². The van der Waals surface area contributed by atoms with E-state index in [-0.39, 0.29) is 0 Å². The molecule has 2 amide bonds. The number of ether oxygens (including phenoxy) is 1. The summed E-state index contributed by atoms with van der Waals surface area (Å²) in [5.74, 6) is -2.38. The van der Waals surface area contributed by atoms with E-state index in [4.69, 9.17) is 4.74 Å². The molecule has 0 saturated carbocycles. The van der Waals surface area contributed by atoms with E-state index in [1.165, 1.54) is 13.8 Å². The van der Waals surface area contributed by atoms with E-state index < -0.39 is 42.4 Å². The minimum atomic E-state index is -3.58. The van der Waals surface area contributed by atoms with Crippen LogP contribution in [-0.4, -0.2) is 35.2 Å². The number of nitrogens with one attached hydrogen (secondary N) is 2. The molecule has 0 aliphatic rings. The molecule has 0 fully saturated rings. The number of amides is 2. The van der Waals surface area contributed by atoms with Crippen molar-refractivity contribution in [2.24, 2.45) is 0 Å². The van der Waals surface area contributed by atoms with Crippen molar-refractivity contribution in [3.8, 4) is 0 Å². The lowest BCUT2D eigenvalue weighted by Gasteiger charge is -2.29. The van der Waals surface area contributed by atoms with Crippen molar-refractivity contribution >= 4 is 35.5 Å². The molecular weight excluding hydrogens is 415 g/mol. The minimum Gasteiger partial charge on any atom is -0.444 e. The van der Waals surface area contributed by atoms with Gasteiger partial charge in [0.2, 0.25) is 5.91 Å². The smallest absolute Gasteiger partial charge is 0.408 e. The number of ketones is 1. The number of alkyl carbamates (subject to hydrolysis) is 1. The van der Waals surface area contributed by atoms with Gasteiger partial charge in [0, 0.05) is 10.6 Å². The van der Waals surface area contributed by atoms with Gasteiger partial charge in [0.25, 0.3) is 0 Å². The fourth-order valence-electron chi connectivity index (χ4n) is 3.00. The Kier molecular flexibility index (Phi) is 7.80. The second-order valence-corrected chi connectivity index (χ2v) is 11.1. The van der Waals surface area contributed by atoms with Crippen molar-refractivity contribution in [2.45, 2.75) is 52.0 Å². The maximum Gasteiger partial charge on any atom is 0.408 e. The summed E-state index contributed by atoms with van der Waals surface area (Å²) in [4.78, 5) is 37.4. The highest BCUT2D eigenvalue weighted by atomic mass is 31.2. The molecule has 8 heteroatoms. The number of hydrogen-bond donors (Lipinski definition) is 2. The first-order valence-electron chi connectivity index (χ1n) is 9.96. The second-order valence-electron chi connectivity index (χ2n) is 8.22. The van der Waals surface area contributed by atoms with Crippen molar-refractivity contribution in [1.29, 1.82) is 0 Å². The molecule has 2 rings (SSSR count). The molecule has 0 aliphatic heterocycles. The molecule has 31 heavy (non-hydrogen) atoms. The summed E-state index contributed by atoms with van der Waals surface area (Å²) in [5.41, 5.74) is -0.724. The first-order chi connectivity index (χ1) is 14.4. The molecule has 0 aromatic heterocycles. The maximum absolute atomic E-state index is 14.4. The number of benzene rings is 2. The van der Waals surface area contributed by atoms with E-state index in [9.17, 15) is 18.9 Å². The van der Waals surface area contributed by atoms with Gasteiger partial charge in [-0.25, -0.2) is 4.79 Å². The standard InChI is InChI=1S/C23H29N2O5P/c1-16(24-22(28)30-23(3,4)5)20(27)25-21(17(2)26)31(29,18-12-8-6-9-13-18)19-14-10-7-11-15-19/h6-16,21H,1-5H3,(H,24,28)(H,25,27)/t16-,21?/m0/s1. The lowest BCUT2D eigenvalue weighted by molar-refractivity contribution is -0.126. The largest absolute Gasteiger partial charge is 0.444 e. The summed E-state index contributed by atoms with van der Waals surface area (Å²) in [6.07, 6.45) is -0.760. The summed E-state index contributed by atoms with van der Waals surface area (Å²) in [6, 6.07) is 16.2. The Labute approximate surface area is 182 Å². The average molecular weight is 444 g/mol. The molecule has 2 aromatic rings. The molecule has 2 atom stereocenters. The van der Waals surface area contributed by atoms with Gasteiger partial charge >= 0.3 is 6.09 Å². The van der Waals surface area contributed by atoms with Crippen LogP contribution in [0.15, 0.2) is 60.7 Å². The van der Waals surface area contributed by atoms with Gasteiger partial charge in [0.15, 0.2) is 12.9 Å². The van der Waals surface area contributed by atoms with Crippen LogP contribution in [0.25, 0.3) is 0 Å². The number of rotatable bonds is 7. The van der Waals surface area contributed by atoms with Crippen LogP contribution in [0.1, 0.15) is 34.6 Å². The van der Waals surface area contributed by atoms with E-state index in [1.807, 2.05) is 0 Å². The zero-order valence-electron chi connectivity index (χ0n) is 18.4. The van der Waals surface area contributed by atoms with Crippen LogP contribution < -0.4 is 21.2 Å². The van der Waals surface area contributed by atoms with E-state index in [1.54, 1.807) is 81.4 Å². The Bertz CT molecular complexity index is 927. The van der Waals surface area contributed by atoms with Gasteiger partial charge in [0.05, 0.1) is 0 Å². The lowest BCUT2D eigenvalue weighted by Crippen LogP contribution is -2.52. The van der Waals surface area contributed by atoms with Crippen LogP contribution in [0.4, 0.5) is 4.79 Å². The van der Waals surface area contributed by atoms with Crippen molar-refractivity contribution in [3.05, 3.63) is 60.7 Å². The first-order valence-corrected chi connectivity index (χ1v) is 11.7. The highest BCUT2D eigenvalue weighted by Gasteiger charge is 2.41. The number of carbonyl (C=O) groups is 3. The highest BCUT2D eigenvalue weighted by molar-refractivity contribution is 7.80. The molecule has 166 valence electrons. The average Bonchev–Trinajstić information content (AvgIpc) is 2.70. The van der Waals surface area contributed by atoms with Gasteiger partial charge in [-0.15, -0.1) is 0 Å².